The molecule has 0 amide bonds. The first-order valence-corrected chi connectivity index (χ1v) is 2.78. The first-order valence-electron chi connectivity index (χ1n) is 2.78. The number of rotatable bonds is 1. The lowest BCUT2D eigenvalue weighted by Crippen LogP contribution is -1.94. The highest BCUT2D eigenvalue weighted by Crippen LogP contribution is 2.13. The number of aromatic nitrogens is 1. The predicted molar refractivity (Wildman–Crippen MR) is 38.7 cm³/mol. The Kier molecular flexibility index (Phi) is 1.67. The topological polar surface area (TPSA) is 38.9 Å². The van der Waals surface area contributed by atoms with Crippen molar-refractivity contribution in [2.24, 2.45) is 0 Å². The van der Waals surface area contributed by atoms with Crippen molar-refractivity contribution >= 4 is 11.8 Å². The van der Waals surface area contributed by atoms with Gasteiger partial charge in [0.05, 0.1) is 5.56 Å². The highest BCUT2D eigenvalue weighted by atomic mass is 19.1. The minimum atomic E-state index is -0.574. The van der Waals surface area contributed by atoms with E-state index in [-0.39, 0.29) is 5.56 Å². The third-order valence-electron chi connectivity index (χ3n) is 1.18. The fourth-order valence-corrected chi connectivity index (χ4v) is 0.664. The Hall–Kier alpha value is -1.38. The quantitative estimate of drug-likeness (QED) is 0.596. The van der Waals surface area contributed by atoms with Crippen LogP contribution in [0.15, 0.2) is 18.8 Å². The fraction of sp³-hybridized carbons (Fsp3) is 0. The third-order valence-corrected chi connectivity index (χ3v) is 1.18. The number of nitrogens with two attached hydrogens (primary N) is 1. The van der Waals surface area contributed by atoms with E-state index in [0.717, 1.165) is 0 Å². The van der Waals surface area contributed by atoms with E-state index in [0.29, 0.717) is 5.69 Å². The Bertz CT molecular complexity index is 238. The number of hydrogen-bond donors (Lipinski definition) is 1. The van der Waals surface area contributed by atoms with E-state index in [1.54, 1.807) is 0 Å². The molecule has 0 atom stereocenters. The van der Waals surface area contributed by atoms with E-state index in [4.69, 9.17) is 5.73 Å². The first kappa shape index (κ1) is 6.74. The van der Waals surface area contributed by atoms with Gasteiger partial charge in [-0.15, -0.1) is 0 Å². The predicted octanol–water partition coefficient (Wildman–Crippen LogP) is 1.45. The van der Waals surface area contributed by atoms with E-state index in [9.17, 15) is 4.39 Å². The van der Waals surface area contributed by atoms with Crippen LogP contribution in [0.5, 0.6) is 0 Å². The molecule has 0 unspecified atom stereocenters. The van der Waals surface area contributed by atoms with Crippen molar-refractivity contribution in [2.75, 3.05) is 5.73 Å². The highest BCUT2D eigenvalue weighted by Gasteiger charge is 2.00. The fourth-order valence-electron chi connectivity index (χ4n) is 0.664. The van der Waals surface area contributed by atoms with Crippen molar-refractivity contribution < 1.29 is 4.39 Å². The summed E-state index contributed by atoms with van der Waals surface area (Å²) in [4.78, 5) is 3.39. The second-order valence-corrected chi connectivity index (χ2v) is 1.81. The number of nitrogens with zero attached hydrogens (tertiary/aromatic N) is 1. The largest absolute Gasteiger partial charge is 0.398 e. The number of hydrogen-bond acceptors (Lipinski definition) is 2. The van der Waals surface area contributed by atoms with Crippen LogP contribution < -0.4 is 5.73 Å². The average Bonchev–Trinajstić information content (AvgIpc) is 1.88. The van der Waals surface area contributed by atoms with Gasteiger partial charge in [-0.05, 0) is 6.07 Å². The SMILES string of the molecule is C=Cc1c(N)ccnc1F. The van der Waals surface area contributed by atoms with Gasteiger partial charge in [0, 0.05) is 11.9 Å². The molecule has 1 heterocycles. The molecule has 0 fully saturated rings. The second-order valence-electron chi connectivity index (χ2n) is 1.81. The van der Waals surface area contributed by atoms with Gasteiger partial charge >= 0.3 is 0 Å². The van der Waals surface area contributed by atoms with Crippen molar-refractivity contribution in [3.63, 3.8) is 0 Å². The summed E-state index contributed by atoms with van der Waals surface area (Å²) in [5.41, 5.74) is 6.01. The smallest absolute Gasteiger partial charge is 0.222 e. The molecule has 0 bridgehead atoms. The van der Waals surface area contributed by atoms with Gasteiger partial charge in [-0.25, -0.2) is 4.98 Å². The Labute approximate surface area is 58.2 Å². The minimum Gasteiger partial charge on any atom is -0.398 e. The summed E-state index contributed by atoms with van der Waals surface area (Å²) >= 11 is 0. The molecule has 2 N–H and O–H groups in total. The molecular formula is C7H7FN2. The van der Waals surface area contributed by atoms with Crippen LogP contribution in [0, 0.1) is 5.95 Å². The molecule has 0 saturated heterocycles. The normalized spacial score (nSPS) is 9.30. The van der Waals surface area contributed by atoms with Gasteiger partial charge in [0.1, 0.15) is 0 Å². The lowest BCUT2D eigenvalue weighted by atomic mass is 10.2. The third kappa shape index (κ3) is 0.978. The van der Waals surface area contributed by atoms with Crippen LogP contribution in [0.3, 0.4) is 0 Å². The van der Waals surface area contributed by atoms with Crippen LogP contribution in [0.25, 0.3) is 6.08 Å². The molecular weight excluding hydrogens is 131 g/mol. The molecule has 0 spiro atoms. The van der Waals surface area contributed by atoms with E-state index in [2.05, 4.69) is 11.6 Å². The van der Waals surface area contributed by atoms with Gasteiger partial charge in [-0.2, -0.15) is 4.39 Å². The maximum absolute atomic E-state index is 12.6. The van der Waals surface area contributed by atoms with E-state index in [1.165, 1.54) is 18.3 Å². The number of anilines is 1. The molecule has 0 aliphatic carbocycles. The van der Waals surface area contributed by atoms with Gasteiger partial charge in [-0.3, -0.25) is 0 Å². The van der Waals surface area contributed by atoms with Crippen LogP contribution in [-0.4, -0.2) is 4.98 Å². The first-order chi connectivity index (χ1) is 4.75. The molecule has 10 heavy (non-hydrogen) atoms. The van der Waals surface area contributed by atoms with Crippen LogP contribution in [0.2, 0.25) is 0 Å². The van der Waals surface area contributed by atoms with E-state index >= 15 is 0 Å². The maximum Gasteiger partial charge on any atom is 0.222 e. The molecule has 0 saturated carbocycles. The van der Waals surface area contributed by atoms with Crippen molar-refractivity contribution in [3.8, 4) is 0 Å². The Morgan fingerprint density at radius 2 is 2.40 bits per heavy atom. The van der Waals surface area contributed by atoms with Gasteiger partial charge in [-0.1, -0.05) is 12.7 Å². The molecule has 0 aliphatic heterocycles. The van der Waals surface area contributed by atoms with Gasteiger partial charge in [0.25, 0.3) is 0 Å². The zero-order valence-electron chi connectivity index (χ0n) is 5.34. The van der Waals surface area contributed by atoms with Crippen LogP contribution >= 0.6 is 0 Å². The summed E-state index contributed by atoms with van der Waals surface area (Å²) in [6.45, 7) is 3.39. The molecule has 52 valence electrons. The van der Waals surface area contributed by atoms with Crippen molar-refractivity contribution in [2.45, 2.75) is 0 Å². The standard InChI is InChI=1S/C7H7FN2/c1-2-5-6(9)3-4-10-7(5)8/h2-4H,1H2,(H2,9,10). The van der Waals surface area contributed by atoms with Crippen LogP contribution in [0.4, 0.5) is 10.1 Å². The second kappa shape index (κ2) is 2.47. The summed E-state index contributed by atoms with van der Waals surface area (Å²) in [5, 5.41) is 0. The number of pyridine rings is 1. The Morgan fingerprint density at radius 1 is 1.70 bits per heavy atom. The summed E-state index contributed by atoms with van der Waals surface area (Å²) in [6.07, 6.45) is 2.66. The molecule has 1 rings (SSSR count). The van der Waals surface area contributed by atoms with Crippen LogP contribution in [-0.2, 0) is 0 Å². The van der Waals surface area contributed by atoms with Gasteiger partial charge < -0.3 is 5.73 Å². The van der Waals surface area contributed by atoms with Gasteiger partial charge in [0.15, 0.2) is 0 Å². The summed E-state index contributed by atoms with van der Waals surface area (Å²) < 4.78 is 12.6. The number of nitrogen functional groups attached to an aromatic ring is 1. The maximum atomic E-state index is 12.6. The lowest BCUT2D eigenvalue weighted by molar-refractivity contribution is 0.582. The minimum absolute atomic E-state index is 0.266. The summed E-state index contributed by atoms with van der Waals surface area (Å²) in [5.74, 6) is -0.574. The summed E-state index contributed by atoms with van der Waals surface area (Å²) in [7, 11) is 0. The lowest BCUT2D eigenvalue weighted by Gasteiger charge is -1.97. The Morgan fingerprint density at radius 3 is 2.80 bits per heavy atom. The zero-order valence-corrected chi connectivity index (χ0v) is 5.34. The molecule has 1 aromatic rings. The summed E-state index contributed by atoms with van der Waals surface area (Å²) in [6, 6.07) is 1.53. The number of halogens is 1. The zero-order chi connectivity index (χ0) is 7.56. The molecule has 2 nitrogen and oxygen atoms in total. The van der Waals surface area contributed by atoms with Gasteiger partial charge in [0.2, 0.25) is 5.95 Å². The van der Waals surface area contributed by atoms with Crippen molar-refractivity contribution in [1.82, 2.24) is 4.98 Å². The monoisotopic (exact) mass is 138 g/mol. The average molecular weight is 138 g/mol. The molecule has 0 aliphatic rings. The van der Waals surface area contributed by atoms with Crippen molar-refractivity contribution in [1.29, 1.82) is 0 Å². The van der Waals surface area contributed by atoms with E-state index in [1.807, 2.05) is 0 Å². The van der Waals surface area contributed by atoms with Crippen LogP contribution in [0.1, 0.15) is 5.56 Å². The van der Waals surface area contributed by atoms with Crippen molar-refractivity contribution in [3.05, 3.63) is 30.4 Å². The Balaban J connectivity index is 3.30. The molecule has 1 aromatic heterocycles. The van der Waals surface area contributed by atoms with E-state index < -0.39 is 5.95 Å². The molecule has 0 aromatic carbocycles. The molecule has 3 heteroatoms. The highest BCUT2D eigenvalue weighted by molar-refractivity contribution is 5.62. The molecule has 0 radical (unpaired) electrons.